The SMILES string of the molecule is O=C(Nc1ccc(NC(=O)C2CCCN(C(=O)c3ccc(Cl)cc3)C2)cc1)c1ccco1. The number of anilines is 2. The van der Waals surface area contributed by atoms with Crippen LogP contribution in [0.2, 0.25) is 5.02 Å². The van der Waals surface area contributed by atoms with Crippen LogP contribution in [0, 0.1) is 5.92 Å². The molecule has 1 aliphatic rings. The molecular formula is C24H22ClN3O4. The maximum absolute atomic E-state index is 12.8. The number of hydrogen-bond donors (Lipinski definition) is 2. The van der Waals surface area contributed by atoms with Gasteiger partial charge < -0.3 is 20.0 Å². The van der Waals surface area contributed by atoms with E-state index in [1.807, 2.05) is 0 Å². The van der Waals surface area contributed by atoms with E-state index in [-0.39, 0.29) is 29.4 Å². The lowest BCUT2D eigenvalue weighted by Gasteiger charge is -2.32. The second-order valence-corrected chi connectivity index (χ2v) is 8.03. The molecule has 1 saturated heterocycles. The summed E-state index contributed by atoms with van der Waals surface area (Å²) in [5.41, 5.74) is 1.76. The van der Waals surface area contributed by atoms with Gasteiger partial charge in [-0.1, -0.05) is 11.6 Å². The average Bonchev–Trinajstić information content (AvgIpc) is 3.36. The van der Waals surface area contributed by atoms with Crippen LogP contribution < -0.4 is 10.6 Å². The Morgan fingerprint density at radius 1 is 0.938 bits per heavy atom. The zero-order valence-corrected chi connectivity index (χ0v) is 18.0. The Bertz CT molecular complexity index is 1100. The van der Waals surface area contributed by atoms with Crippen LogP contribution in [-0.2, 0) is 4.79 Å². The van der Waals surface area contributed by atoms with Crippen molar-refractivity contribution in [3.05, 3.63) is 83.3 Å². The van der Waals surface area contributed by atoms with E-state index >= 15 is 0 Å². The zero-order valence-electron chi connectivity index (χ0n) is 17.2. The molecule has 4 rings (SSSR count). The van der Waals surface area contributed by atoms with Gasteiger partial charge in [-0.3, -0.25) is 14.4 Å². The Balaban J connectivity index is 1.33. The number of rotatable bonds is 5. The van der Waals surface area contributed by atoms with Gasteiger partial charge in [-0.15, -0.1) is 0 Å². The molecule has 3 aromatic rings. The quantitative estimate of drug-likeness (QED) is 0.589. The van der Waals surface area contributed by atoms with Crippen molar-refractivity contribution < 1.29 is 18.8 Å². The molecule has 0 aliphatic carbocycles. The van der Waals surface area contributed by atoms with Crippen LogP contribution in [0.15, 0.2) is 71.3 Å². The van der Waals surface area contributed by atoms with Gasteiger partial charge in [-0.2, -0.15) is 0 Å². The first-order chi connectivity index (χ1) is 15.5. The Hall–Kier alpha value is -3.58. The highest BCUT2D eigenvalue weighted by atomic mass is 35.5. The summed E-state index contributed by atoms with van der Waals surface area (Å²) < 4.78 is 5.07. The fourth-order valence-electron chi connectivity index (χ4n) is 3.63. The standard InChI is InChI=1S/C24H22ClN3O4/c25-18-7-5-16(6-8-18)24(31)28-13-1-3-17(15-28)22(29)26-19-9-11-20(12-10-19)27-23(30)21-4-2-14-32-21/h2,4-12,14,17H,1,3,13,15H2,(H,26,29)(H,27,30). The molecule has 1 aromatic heterocycles. The maximum atomic E-state index is 12.8. The van der Waals surface area contributed by atoms with Crippen molar-refractivity contribution in [1.82, 2.24) is 4.90 Å². The normalized spacial score (nSPS) is 15.8. The number of benzene rings is 2. The Morgan fingerprint density at radius 3 is 2.28 bits per heavy atom. The molecule has 1 fully saturated rings. The molecular weight excluding hydrogens is 430 g/mol. The highest BCUT2D eigenvalue weighted by molar-refractivity contribution is 6.30. The van der Waals surface area contributed by atoms with Gasteiger partial charge in [0.2, 0.25) is 5.91 Å². The van der Waals surface area contributed by atoms with E-state index in [0.29, 0.717) is 41.5 Å². The lowest BCUT2D eigenvalue weighted by atomic mass is 9.96. The topological polar surface area (TPSA) is 91.7 Å². The summed E-state index contributed by atoms with van der Waals surface area (Å²) in [5.74, 6) is -0.656. The minimum atomic E-state index is -0.348. The molecule has 3 amide bonds. The molecule has 164 valence electrons. The Morgan fingerprint density at radius 2 is 1.62 bits per heavy atom. The van der Waals surface area contributed by atoms with E-state index in [0.717, 1.165) is 6.42 Å². The van der Waals surface area contributed by atoms with Gasteiger partial charge in [-0.05, 0) is 73.5 Å². The van der Waals surface area contributed by atoms with Crippen LogP contribution in [-0.4, -0.2) is 35.7 Å². The number of carbonyl (C=O) groups is 3. The van der Waals surface area contributed by atoms with Crippen molar-refractivity contribution in [2.24, 2.45) is 5.92 Å². The van der Waals surface area contributed by atoms with E-state index in [4.69, 9.17) is 16.0 Å². The number of halogens is 1. The van der Waals surface area contributed by atoms with Crippen molar-refractivity contribution in [1.29, 1.82) is 0 Å². The van der Waals surface area contributed by atoms with Crippen molar-refractivity contribution in [3.63, 3.8) is 0 Å². The number of nitrogens with one attached hydrogen (secondary N) is 2. The first kappa shape index (κ1) is 21.6. The summed E-state index contributed by atoms with van der Waals surface area (Å²) in [4.78, 5) is 39.3. The van der Waals surface area contributed by atoms with Gasteiger partial charge in [0, 0.05) is 35.1 Å². The molecule has 2 heterocycles. The average molecular weight is 452 g/mol. The van der Waals surface area contributed by atoms with Crippen molar-refractivity contribution in [3.8, 4) is 0 Å². The number of amides is 3. The summed E-state index contributed by atoms with van der Waals surface area (Å²) in [6.45, 7) is 0.986. The van der Waals surface area contributed by atoms with E-state index in [1.54, 1.807) is 65.6 Å². The number of carbonyl (C=O) groups excluding carboxylic acids is 3. The third-order valence-corrected chi connectivity index (χ3v) is 5.58. The van der Waals surface area contributed by atoms with Gasteiger partial charge in [0.05, 0.1) is 12.2 Å². The smallest absolute Gasteiger partial charge is 0.291 e. The second kappa shape index (κ2) is 9.70. The van der Waals surface area contributed by atoms with Gasteiger partial charge in [-0.25, -0.2) is 0 Å². The molecule has 0 spiro atoms. The van der Waals surface area contributed by atoms with E-state index in [1.165, 1.54) is 6.26 Å². The number of hydrogen-bond acceptors (Lipinski definition) is 4. The lowest BCUT2D eigenvalue weighted by molar-refractivity contribution is -0.121. The van der Waals surface area contributed by atoms with Gasteiger partial charge >= 0.3 is 0 Å². The minimum Gasteiger partial charge on any atom is -0.459 e. The number of piperidine rings is 1. The third-order valence-electron chi connectivity index (χ3n) is 5.33. The predicted octanol–water partition coefficient (Wildman–Crippen LogP) is 4.68. The van der Waals surface area contributed by atoms with Crippen LogP contribution in [0.3, 0.4) is 0 Å². The van der Waals surface area contributed by atoms with E-state index in [9.17, 15) is 14.4 Å². The molecule has 1 unspecified atom stereocenters. The van der Waals surface area contributed by atoms with Gasteiger partial charge in [0.25, 0.3) is 11.8 Å². The van der Waals surface area contributed by atoms with Crippen molar-refractivity contribution >= 4 is 40.7 Å². The fourth-order valence-corrected chi connectivity index (χ4v) is 3.76. The molecule has 1 atom stereocenters. The monoisotopic (exact) mass is 451 g/mol. The summed E-state index contributed by atoms with van der Waals surface area (Å²) >= 11 is 5.90. The number of likely N-dealkylation sites (tertiary alicyclic amines) is 1. The molecule has 1 aliphatic heterocycles. The summed E-state index contributed by atoms with van der Waals surface area (Å²) in [6.07, 6.45) is 2.91. The maximum Gasteiger partial charge on any atom is 0.291 e. The second-order valence-electron chi connectivity index (χ2n) is 7.60. The molecule has 0 saturated carbocycles. The van der Waals surface area contributed by atoms with Crippen LogP contribution in [0.5, 0.6) is 0 Å². The first-order valence-electron chi connectivity index (χ1n) is 10.3. The molecule has 32 heavy (non-hydrogen) atoms. The number of furan rings is 1. The lowest BCUT2D eigenvalue weighted by Crippen LogP contribution is -2.43. The van der Waals surface area contributed by atoms with Crippen LogP contribution in [0.25, 0.3) is 0 Å². The first-order valence-corrected chi connectivity index (χ1v) is 10.7. The van der Waals surface area contributed by atoms with Gasteiger partial charge in [0.1, 0.15) is 0 Å². The Kier molecular flexibility index (Phi) is 6.56. The third kappa shape index (κ3) is 5.18. The molecule has 7 nitrogen and oxygen atoms in total. The fraction of sp³-hybridized carbons (Fsp3) is 0.208. The summed E-state index contributed by atoms with van der Waals surface area (Å²) in [6, 6.07) is 16.8. The van der Waals surface area contributed by atoms with Crippen LogP contribution >= 0.6 is 11.6 Å². The van der Waals surface area contributed by atoms with E-state index < -0.39 is 0 Å². The molecule has 2 N–H and O–H groups in total. The predicted molar refractivity (Wildman–Crippen MR) is 122 cm³/mol. The van der Waals surface area contributed by atoms with Crippen molar-refractivity contribution in [2.45, 2.75) is 12.8 Å². The molecule has 8 heteroatoms. The molecule has 0 radical (unpaired) electrons. The molecule has 2 aromatic carbocycles. The van der Waals surface area contributed by atoms with Crippen molar-refractivity contribution in [2.75, 3.05) is 23.7 Å². The van der Waals surface area contributed by atoms with Crippen LogP contribution in [0.1, 0.15) is 33.8 Å². The highest BCUT2D eigenvalue weighted by Gasteiger charge is 2.29. The highest BCUT2D eigenvalue weighted by Crippen LogP contribution is 2.22. The number of nitrogens with zero attached hydrogens (tertiary/aromatic N) is 1. The van der Waals surface area contributed by atoms with Crippen LogP contribution in [0.4, 0.5) is 11.4 Å². The van der Waals surface area contributed by atoms with E-state index in [2.05, 4.69) is 10.6 Å². The summed E-state index contributed by atoms with van der Waals surface area (Å²) in [5, 5.41) is 6.20. The minimum absolute atomic E-state index is 0.101. The van der Waals surface area contributed by atoms with Gasteiger partial charge in [0.15, 0.2) is 5.76 Å². The largest absolute Gasteiger partial charge is 0.459 e. The molecule has 0 bridgehead atoms. The Labute approximate surface area is 190 Å². The zero-order chi connectivity index (χ0) is 22.5. The summed E-state index contributed by atoms with van der Waals surface area (Å²) in [7, 11) is 0.